The maximum atomic E-state index is 13.4. The van der Waals surface area contributed by atoms with Crippen LogP contribution < -0.4 is 10.6 Å². The van der Waals surface area contributed by atoms with Crippen molar-refractivity contribution in [3.8, 4) is 0 Å². The molecule has 1 aliphatic carbocycles. The van der Waals surface area contributed by atoms with Gasteiger partial charge in [-0.1, -0.05) is 37.6 Å². The van der Waals surface area contributed by atoms with Crippen molar-refractivity contribution in [1.29, 1.82) is 0 Å². The van der Waals surface area contributed by atoms with Crippen LogP contribution in [0.1, 0.15) is 45.1 Å². The molecule has 0 bridgehead atoms. The highest BCUT2D eigenvalue weighted by Crippen LogP contribution is 2.47. The third-order valence-electron chi connectivity index (χ3n) is 5.89. The second kappa shape index (κ2) is 8.44. The third-order valence-corrected chi connectivity index (χ3v) is 6.21. The molecule has 33 heavy (non-hydrogen) atoms. The number of nitrogens with zero attached hydrogens (tertiary/aromatic N) is 2. The van der Waals surface area contributed by atoms with E-state index in [0.717, 1.165) is 5.70 Å². The topological polar surface area (TPSA) is 114 Å². The lowest BCUT2D eigenvalue weighted by Crippen LogP contribution is -2.39. The summed E-state index contributed by atoms with van der Waals surface area (Å²) >= 11 is 6.04. The van der Waals surface area contributed by atoms with Crippen molar-refractivity contribution in [2.45, 2.75) is 39.5 Å². The summed E-state index contributed by atoms with van der Waals surface area (Å²) in [6.45, 7) is 5.79. The van der Waals surface area contributed by atoms with Gasteiger partial charge in [-0.3, -0.25) is 19.7 Å². The number of amides is 1. The molecule has 4 rings (SSSR count). The molecule has 9 heteroatoms. The highest BCUT2D eigenvalue weighted by molar-refractivity contribution is 6.32. The number of carbonyl (C=O) groups excluding carboxylic acids is 2. The van der Waals surface area contributed by atoms with Crippen molar-refractivity contribution in [1.82, 2.24) is 10.3 Å². The molecule has 1 atom stereocenters. The minimum atomic E-state index is -0.774. The molecule has 2 N–H and O–H groups in total. The highest BCUT2D eigenvalue weighted by Gasteiger charge is 2.43. The van der Waals surface area contributed by atoms with Gasteiger partial charge in [-0.15, -0.1) is 0 Å². The van der Waals surface area contributed by atoms with Crippen LogP contribution in [0.2, 0.25) is 5.02 Å². The van der Waals surface area contributed by atoms with Gasteiger partial charge in [-0.05, 0) is 42.5 Å². The van der Waals surface area contributed by atoms with Crippen molar-refractivity contribution in [2.24, 2.45) is 5.41 Å². The molecule has 0 radical (unpaired) electrons. The van der Waals surface area contributed by atoms with E-state index in [-0.39, 0.29) is 21.9 Å². The van der Waals surface area contributed by atoms with E-state index >= 15 is 0 Å². The smallest absolute Gasteiger partial charge is 0.288 e. The lowest BCUT2D eigenvalue weighted by Gasteiger charge is -2.39. The van der Waals surface area contributed by atoms with Gasteiger partial charge in [-0.25, -0.2) is 4.98 Å². The molecular weight excluding hydrogens is 444 g/mol. The van der Waals surface area contributed by atoms with Crippen molar-refractivity contribution in [2.75, 3.05) is 5.32 Å². The van der Waals surface area contributed by atoms with E-state index in [1.54, 1.807) is 37.4 Å². The normalized spacial score (nSPS) is 19.6. The number of halogens is 1. The Balaban J connectivity index is 1.87. The van der Waals surface area contributed by atoms with Gasteiger partial charge in [0.1, 0.15) is 10.8 Å². The van der Waals surface area contributed by atoms with E-state index < -0.39 is 16.7 Å². The Labute approximate surface area is 195 Å². The Hall–Kier alpha value is -3.52. The molecule has 2 aromatic rings. The molecular formula is C24H23ClN4O4. The zero-order valence-electron chi connectivity index (χ0n) is 18.4. The summed E-state index contributed by atoms with van der Waals surface area (Å²) in [5.74, 6) is -0.943. The lowest BCUT2D eigenvalue weighted by molar-refractivity contribution is -0.384. The number of hydrogen-bond donors (Lipinski definition) is 2. The number of pyridine rings is 1. The number of Topliss-reactive ketones (excluding diaryl/α,β-unsaturated/α-hetero) is 1. The van der Waals surface area contributed by atoms with Crippen LogP contribution in [0.4, 0.5) is 11.5 Å². The van der Waals surface area contributed by atoms with Crippen molar-refractivity contribution in [3.63, 3.8) is 0 Å². The van der Waals surface area contributed by atoms with Crippen LogP contribution in [-0.2, 0) is 9.59 Å². The number of hydrogen-bond acceptors (Lipinski definition) is 6. The molecule has 0 fully saturated rings. The lowest BCUT2D eigenvalue weighted by atomic mass is 9.68. The van der Waals surface area contributed by atoms with Crippen LogP contribution in [0.25, 0.3) is 0 Å². The van der Waals surface area contributed by atoms with E-state index in [2.05, 4.69) is 15.6 Å². The van der Waals surface area contributed by atoms with Gasteiger partial charge in [0.15, 0.2) is 5.78 Å². The van der Waals surface area contributed by atoms with Gasteiger partial charge in [0, 0.05) is 47.1 Å². The van der Waals surface area contributed by atoms with Crippen LogP contribution in [0.15, 0.2) is 65.1 Å². The molecule has 0 unspecified atom stereocenters. The summed E-state index contributed by atoms with van der Waals surface area (Å²) in [6, 6.07) is 9.54. The van der Waals surface area contributed by atoms with E-state index in [1.807, 2.05) is 13.8 Å². The second-order valence-corrected chi connectivity index (χ2v) is 9.47. The number of anilines is 1. The maximum absolute atomic E-state index is 13.4. The maximum Gasteiger partial charge on any atom is 0.288 e. The van der Waals surface area contributed by atoms with Gasteiger partial charge in [0.2, 0.25) is 0 Å². The Kier molecular flexibility index (Phi) is 5.80. The first-order chi connectivity index (χ1) is 15.6. The Morgan fingerprint density at radius 1 is 1.27 bits per heavy atom. The van der Waals surface area contributed by atoms with Crippen LogP contribution in [0, 0.1) is 15.5 Å². The zero-order chi connectivity index (χ0) is 23.9. The summed E-state index contributed by atoms with van der Waals surface area (Å²) in [5.41, 5.74) is 2.03. The fraction of sp³-hybridized carbons (Fsp3) is 0.292. The van der Waals surface area contributed by atoms with Crippen LogP contribution in [-0.4, -0.2) is 21.6 Å². The van der Waals surface area contributed by atoms with Crippen molar-refractivity contribution < 1.29 is 14.5 Å². The van der Waals surface area contributed by atoms with Gasteiger partial charge < -0.3 is 10.6 Å². The largest absolute Gasteiger partial charge is 0.362 e. The van der Waals surface area contributed by atoms with Gasteiger partial charge in [0.25, 0.3) is 11.6 Å². The molecule has 0 spiro atoms. The molecule has 170 valence electrons. The SMILES string of the molecule is CC1=C(C(=O)Nc2ccccn2)[C@@H](c2ccc(Cl)c([N+](=O)[O-])c2)C2=C(CC(C)(C)CC2=O)N1. The summed E-state index contributed by atoms with van der Waals surface area (Å²) in [7, 11) is 0. The molecule has 0 saturated heterocycles. The number of nitro groups is 1. The van der Waals surface area contributed by atoms with E-state index in [1.165, 1.54) is 12.1 Å². The van der Waals surface area contributed by atoms with Crippen LogP contribution >= 0.6 is 11.6 Å². The molecule has 1 aromatic carbocycles. The fourth-order valence-electron chi connectivity index (χ4n) is 4.54. The second-order valence-electron chi connectivity index (χ2n) is 9.07. The monoisotopic (exact) mass is 466 g/mol. The van der Waals surface area contributed by atoms with Crippen LogP contribution in [0.5, 0.6) is 0 Å². The minimum Gasteiger partial charge on any atom is -0.362 e. The number of aromatic nitrogens is 1. The predicted molar refractivity (Wildman–Crippen MR) is 125 cm³/mol. The number of nitrogens with one attached hydrogen (secondary N) is 2. The molecule has 2 aliphatic rings. The number of benzene rings is 1. The summed E-state index contributed by atoms with van der Waals surface area (Å²) in [4.78, 5) is 41.8. The average Bonchev–Trinajstić information content (AvgIpc) is 2.72. The first kappa shape index (κ1) is 22.7. The number of nitro benzene ring substituents is 1. The van der Waals surface area contributed by atoms with Gasteiger partial charge >= 0.3 is 0 Å². The van der Waals surface area contributed by atoms with E-state index in [0.29, 0.717) is 41.1 Å². The number of carbonyl (C=O) groups is 2. The number of allylic oxidation sites excluding steroid dienone is 3. The number of rotatable bonds is 4. The van der Waals surface area contributed by atoms with E-state index in [9.17, 15) is 19.7 Å². The predicted octanol–water partition coefficient (Wildman–Crippen LogP) is 4.89. The number of dihydropyridines is 1. The van der Waals surface area contributed by atoms with Crippen molar-refractivity contribution >= 4 is 34.8 Å². The first-order valence-electron chi connectivity index (χ1n) is 10.5. The summed E-state index contributed by atoms with van der Waals surface area (Å²) in [6.07, 6.45) is 2.49. The first-order valence-corrected chi connectivity index (χ1v) is 10.9. The Morgan fingerprint density at radius 2 is 2.03 bits per heavy atom. The van der Waals surface area contributed by atoms with Gasteiger partial charge in [-0.2, -0.15) is 0 Å². The average molecular weight is 467 g/mol. The minimum absolute atomic E-state index is 0.0109. The third kappa shape index (κ3) is 4.39. The van der Waals surface area contributed by atoms with E-state index in [4.69, 9.17) is 11.6 Å². The Bertz CT molecular complexity index is 1230. The molecule has 1 aliphatic heterocycles. The molecule has 8 nitrogen and oxygen atoms in total. The zero-order valence-corrected chi connectivity index (χ0v) is 19.2. The van der Waals surface area contributed by atoms with Gasteiger partial charge in [0.05, 0.1) is 4.92 Å². The quantitative estimate of drug-likeness (QED) is 0.490. The van der Waals surface area contributed by atoms with Crippen molar-refractivity contribution in [3.05, 3.63) is 85.8 Å². The standard InChI is InChI=1S/C24H23ClN4O4/c1-13-20(23(31)28-19-6-4-5-9-26-19)21(14-7-8-15(25)17(10-14)29(32)33)22-16(27-13)11-24(2,3)12-18(22)30/h4-10,21,27H,11-12H2,1-3H3,(H,26,28,31)/t21-/m1/s1. The highest BCUT2D eigenvalue weighted by atomic mass is 35.5. The molecule has 1 amide bonds. The molecule has 1 aromatic heterocycles. The summed E-state index contributed by atoms with van der Waals surface area (Å²) in [5, 5.41) is 17.6. The van der Waals surface area contributed by atoms with Crippen LogP contribution in [0.3, 0.4) is 0 Å². The number of ketones is 1. The fourth-order valence-corrected chi connectivity index (χ4v) is 4.73. The molecule has 0 saturated carbocycles. The Morgan fingerprint density at radius 3 is 2.70 bits per heavy atom. The molecule has 2 heterocycles. The summed E-state index contributed by atoms with van der Waals surface area (Å²) < 4.78 is 0.